The monoisotopic (exact) mass is 316 g/mol. The molecule has 0 spiro atoms. The minimum absolute atomic E-state index is 0.0339. The molecule has 1 fully saturated rings. The first kappa shape index (κ1) is 15.7. The number of aryl methyl sites for hydroxylation is 1. The Morgan fingerprint density at radius 1 is 1.41 bits per heavy atom. The van der Waals surface area contributed by atoms with Crippen molar-refractivity contribution in [3.63, 3.8) is 0 Å². The Kier molecular flexibility index (Phi) is 4.91. The van der Waals surface area contributed by atoms with E-state index in [2.05, 4.69) is 33.5 Å². The number of aromatic nitrogens is 1. The van der Waals surface area contributed by atoms with Crippen LogP contribution in [0.2, 0.25) is 0 Å². The second-order valence-electron chi connectivity index (χ2n) is 6.44. The lowest BCUT2D eigenvalue weighted by molar-refractivity contribution is 0.0375. The first-order valence-electron chi connectivity index (χ1n) is 8.00. The molecule has 2 aromatic rings. The molecule has 22 heavy (non-hydrogen) atoms. The van der Waals surface area contributed by atoms with Crippen LogP contribution in [0.5, 0.6) is 0 Å². The van der Waals surface area contributed by atoms with Crippen molar-refractivity contribution in [2.45, 2.75) is 38.8 Å². The average Bonchev–Trinajstić information content (AvgIpc) is 3.16. The summed E-state index contributed by atoms with van der Waals surface area (Å²) in [5.41, 5.74) is 1.29. The third-order valence-electron chi connectivity index (χ3n) is 4.93. The number of rotatable bonds is 6. The molecule has 2 aromatic heterocycles. The summed E-state index contributed by atoms with van der Waals surface area (Å²) in [4.78, 5) is 8.07. The predicted octanol–water partition coefficient (Wildman–Crippen LogP) is 3.35. The van der Waals surface area contributed by atoms with Crippen LogP contribution in [0.3, 0.4) is 0 Å². The van der Waals surface area contributed by atoms with E-state index in [0.717, 1.165) is 38.9 Å². The van der Waals surface area contributed by atoms with Crippen molar-refractivity contribution >= 4 is 11.3 Å². The molecule has 0 saturated carbocycles. The van der Waals surface area contributed by atoms with E-state index in [9.17, 15) is 5.11 Å². The van der Waals surface area contributed by atoms with Crippen LogP contribution in [0.1, 0.15) is 30.2 Å². The maximum Gasteiger partial charge on any atom is 0.0581 e. The minimum atomic E-state index is -0.258. The van der Waals surface area contributed by atoms with E-state index in [-0.39, 0.29) is 11.5 Å². The molecule has 2 atom stereocenters. The number of pyridine rings is 1. The Hall–Kier alpha value is -1.23. The number of likely N-dealkylation sites (tertiary alicyclic amines) is 1. The first-order chi connectivity index (χ1) is 10.7. The fourth-order valence-electron chi connectivity index (χ4n) is 3.45. The van der Waals surface area contributed by atoms with Crippen molar-refractivity contribution in [1.82, 2.24) is 9.88 Å². The van der Waals surface area contributed by atoms with Gasteiger partial charge >= 0.3 is 0 Å². The highest BCUT2D eigenvalue weighted by molar-refractivity contribution is 7.09. The van der Waals surface area contributed by atoms with Gasteiger partial charge in [0.2, 0.25) is 0 Å². The van der Waals surface area contributed by atoms with E-state index in [4.69, 9.17) is 0 Å². The van der Waals surface area contributed by atoms with Crippen LogP contribution in [0.15, 0.2) is 42.0 Å². The Bertz CT molecular complexity index is 570. The van der Waals surface area contributed by atoms with Crippen molar-refractivity contribution in [1.29, 1.82) is 0 Å². The van der Waals surface area contributed by atoms with Gasteiger partial charge in [-0.3, -0.25) is 9.88 Å². The SMILES string of the molecule is CC(O)[C@]1(CCc2cccs2)CCN(Cc2cccnc2)C1. The third kappa shape index (κ3) is 3.57. The zero-order chi connectivity index (χ0) is 15.4. The van der Waals surface area contributed by atoms with Crippen molar-refractivity contribution in [3.8, 4) is 0 Å². The van der Waals surface area contributed by atoms with Crippen LogP contribution in [-0.2, 0) is 13.0 Å². The summed E-state index contributed by atoms with van der Waals surface area (Å²) in [5, 5.41) is 12.5. The lowest BCUT2D eigenvalue weighted by atomic mass is 9.77. The van der Waals surface area contributed by atoms with Gasteiger partial charge in [0, 0.05) is 35.8 Å². The number of hydrogen-bond donors (Lipinski definition) is 1. The third-order valence-corrected chi connectivity index (χ3v) is 5.87. The highest BCUT2D eigenvalue weighted by Gasteiger charge is 2.41. The van der Waals surface area contributed by atoms with Gasteiger partial charge < -0.3 is 5.11 Å². The second kappa shape index (κ2) is 6.90. The maximum atomic E-state index is 10.4. The van der Waals surface area contributed by atoms with Crippen LogP contribution < -0.4 is 0 Å². The predicted molar refractivity (Wildman–Crippen MR) is 90.9 cm³/mol. The molecule has 0 amide bonds. The molecule has 0 aromatic carbocycles. The molecule has 0 bridgehead atoms. The van der Waals surface area contributed by atoms with Gasteiger partial charge in [0.25, 0.3) is 0 Å². The summed E-state index contributed by atoms with van der Waals surface area (Å²) in [6.07, 6.45) is 6.71. The largest absolute Gasteiger partial charge is 0.393 e. The molecule has 3 nitrogen and oxygen atoms in total. The number of aliphatic hydroxyl groups excluding tert-OH is 1. The van der Waals surface area contributed by atoms with Gasteiger partial charge in [-0.05, 0) is 55.8 Å². The molecule has 118 valence electrons. The van der Waals surface area contributed by atoms with Gasteiger partial charge in [0.1, 0.15) is 0 Å². The van der Waals surface area contributed by atoms with Gasteiger partial charge in [0.15, 0.2) is 0 Å². The molecule has 4 heteroatoms. The van der Waals surface area contributed by atoms with Gasteiger partial charge in [0.05, 0.1) is 6.10 Å². The van der Waals surface area contributed by atoms with E-state index in [1.807, 2.05) is 36.7 Å². The van der Waals surface area contributed by atoms with Crippen LogP contribution in [0.4, 0.5) is 0 Å². The number of hydrogen-bond acceptors (Lipinski definition) is 4. The van der Waals surface area contributed by atoms with E-state index >= 15 is 0 Å². The molecule has 1 unspecified atom stereocenters. The minimum Gasteiger partial charge on any atom is -0.393 e. The summed E-state index contributed by atoms with van der Waals surface area (Å²) in [6, 6.07) is 8.42. The highest BCUT2D eigenvalue weighted by Crippen LogP contribution is 2.39. The Morgan fingerprint density at radius 2 is 2.32 bits per heavy atom. The lowest BCUT2D eigenvalue weighted by Gasteiger charge is -2.32. The molecule has 1 saturated heterocycles. The van der Waals surface area contributed by atoms with Gasteiger partial charge in [-0.15, -0.1) is 11.3 Å². The van der Waals surface area contributed by atoms with Crippen molar-refractivity contribution in [2.24, 2.45) is 5.41 Å². The fourth-order valence-corrected chi connectivity index (χ4v) is 4.16. The normalized spacial score (nSPS) is 23.7. The van der Waals surface area contributed by atoms with Crippen molar-refractivity contribution in [2.75, 3.05) is 13.1 Å². The fraction of sp³-hybridized carbons (Fsp3) is 0.500. The van der Waals surface area contributed by atoms with Gasteiger partial charge in [-0.2, -0.15) is 0 Å². The molecule has 3 rings (SSSR count). The van der Waals surface area contributed by atoms with Gasteiger partial charge in [-0.25, -0.2) is 0 Å². The molecule has 1 aliphatic heterocycles. The quantitative estimate of drug-likeness (QED) is 0.888. The number of thiophene rings is 1. The van der Waals surface area contributed by atoms with Crippen LogP contribution >= 0.6 is 11.3 Å². The summed E-state index contributed by atoms with van der Waals surface area (Å²) < 4.78 is 0. The molecular formula is C18H24N2OS. The maximum absolute atomic E-state index is 10.4. The van der Waals surface area contributed by atoms with Crippen LogP contribution in [0, 0.1) is 5.41 Å². The zero-order valence-electron chi connectivity index (χ0n) is 13.1. The van der Waals surface area contributed by atoms with E-state index in [1.165, 1.54) is 10.4 Å². The smallest absolute Gasteiger partial charge is 0.0581 e. The molecule has 1 N–H and O–H groups in total. The van der Waals surface area contributed by atoms with Crippen LogP contribution in [0.25, 0.3) is 0 Å². The number of aliphatic hydroxyl groups is 1. The lowest BCUT2D eigenvalue weighted by Crippen LogP contribution is -2.36. The Labute approximate surface area is 136 Å². The summed E-state index contributed by atoms with van der Waals surface area (Å²) in [7, 11) is 0. The summed E-state index contributed by atoms with van der Waals surface area (Å²) in [5.74, 6) is 0. The van der Waals surface area contributed by atoms with E-state index < -0.39 is 0 Å². The van der Waals surface area contributed by atoms with Crippen LogP contribution in [-0.4, -0.2) is 34.2 Å². The van der Waals surface area contributed by atoms with Gasteiger partial charge in [-0.1, -0.05) is 12.1 Å². The van der Waals surface area contributed by atoms with E-state index in [0.29, 0.717) is 0 Å². The Morgan fingerprint density at radius 3 is 3.00 bits per heavy atom. The summed E-state index contributed by atoms with van der Waals surface area (Å²) >= 11 is 1.82. The Balaban J connectivity index is 1.62. The standard InChI is InChI=1S/C18H24N2OS/c1-15(21)18(7-6-17-5-3-11-22-17)8-10-20(14-18)13-16-4-2-9-19-12-16/h2-5,9,11-12,15,21H,6-8,10,13-14H2,1H3/t15?,18-/m1/s1. The van der Waals surface area contributed by atoms with Crippen molar-refractivity contribution < 1.29 is 5.11 Å². The molecule has 3 heterocycles. The van der Waals surface area contributed by atoms with E-state index in [1.54, 1.807) is 0 Å². The average molecular weight is 316 g/mol. The molecular weight excluding hydrogens is 292 g/mol. The molecule has 0 radical (unpaired) electrons. The number of nitrogens with zero attached hydrogens (tertiary/aromatic N) is 2. The zero-order valence-corrected chi connectivity index (χ0v) is 13.9. The first-order valence-corrected chi connectivity index (χ1v) is 8.88. The van der Waals surface area contributed by atoms with Crippen molar-refractivity contribution in [3.05, 3.63) is 52.5 Å². The molecule has 1 aliphatic rings. The molecule has 0 aliphatic carbocycles. The summed E-state index contributed by atoms with van der Waals surface area (Å²) in [6.45, 7) is 4.93. The topological polar surface area (TPSA) is 36.4 Å². The highest BCUT2D eigenvalue weighted by atomic mass is 32.1. The second-order valence-corrected chi connectivity index (χ2v) is 7.47.